The quantitative estimate of drug-likeness (QED) is 0.308. The molecule has 0 aliphatic heterocycles. The smallest absolute Gasteiger partial charge is 0.190 e. The molecule has 16 heavy (non-hydrogen) atoms. The number of anilines is 1. The summed E-state index contributed by atoms with van der Waals surface area (Å²) in [6, 6.07) is 0. The highest BCUT2D eigenvalue weighted by molar-refractivity contribution is 5.94. The van der Waals surface area contributed by atoms with E-state index in [-0.39, 0.29) is 5.84 Å². The molecular weight excluding hydrogens is 210 g/mol. The number of likely N-dealkylation sites (N-methyl/N-ethyl adjacent to an activating group) is 1. The molecular formula is C9H15N5O2. The van der Waals surface area contributed by atoms with Crippen molar-refractivity contribution in [3.05, 3.63) is 18.1 Å². The number of hydrogen-bond donors (Lipinski definition) is 2. The molecule has 0 bridgehead atoms. The van der Waals surface area contributed by atoms with Crippen molar-refractivity contribution in [2.24, 2.45) is 10.9 Å². The Morgan fingerprint density at radius 1 is 1.56 bits per heavy atom. The monoisotopic (exact) mass is 225 g/mol. The van der Waals surface area contributed by atoms with E-state index >= 15 is 0 Å². The molecule has 7 nitrogen and oxygen atoms in total. The van der Waals surface area contributed by atoms with E-state index < -0.39 is 0 Å². The number of amidine groups is 1. The van der Waals surface area contributed by atoms with Crippen LogP contribution in [0.3, 0.4) is 0 Å². The maximum atomic E-state index is 8.45. The zero-order chi connectivity index (χ0) is 12.0. The van der Waals surface area contributed by atoms with Gasteiger partial charge in [0.15, 0.2) is 5.84 Å². The third-order valence-corrected chi connectivity index (χ3v) is 2.03. The second kappa shape index (κ2) is 5.86. The predicted molar refractivity (Wildman–Crippen MR) is 59.7 cm³/mol. The van der Waals surface area contributed by atoms with E-state index in [2.05, 4.69) is 15.1 Å². The van der Waals surface area contributed by atoms with Gasteiger partial charge in [-0.15, -0.1) is 0 Å². The topological polar surface area (TPSA) is 96.9 Å². The third-order valence-electron chi connectivity index (χ3n) is 2.03. The maximum Gasteiger partial charge on any atom is 0.190 e. The van der Waals surface area contributed by atoms with Crippen LogP contribution in [0.1, 0.15) is 5.69 Å². The van der Waals surface area contributed by atoms with Gasteiger partial charge in [-0.05, 0) is 0 Å². The van der Waals surface area contributed by atoms with Gasteiger partial charge >= 0.3 is 0 Å². The highest BCUT2D eigenvalue weighted by atomic mass is 16.5. The van der Waals surface area contributed by atoms with Gasteiger partial charge in [0.2, 0.25) is 0 Å². The summed E-state index contributed by atoms with van der Waals surface area (Å²) in [6.07, 6.45) is 3.01. The first kappa shape index (κ1) is 12.2. The van der Waals surface area contributed by atoms with Crippen LogP contribution < -0.4 is 10.6 Å². The minimum atomic E-state index is -0.0569. The predicted octanol–water partition coefficient (Wildman–Crippen LogP) is -0.346. The highest BCUT2D eigenvalue weighted by Crippen LogP contribution is 2.05. The zero-order valence-corrected chi connectivity index (χ0v) is 9.29. The van der Waals surface area contributed by atoms with Crippen LogP contribution in [0.25, 0.3) is 0 Å². The summed E-state index contributed by atoms with van der Waals surface area (Å²) in [6.45, 7) is 1.33. The maximum absolute atomic E-state index is 8.45. The van der Waals surface area contributed by atoms with Gasteiger partial charge in [0, 0.05) is 20.7 Å². The molecule has 0 saturated heterocycles. The van der Waals surface area contributed by atoms with E-state index in [1.165, 1.54) is 6.20 Å². The summed E-state index contributed by atoms with van der Waals surface area (Å²) in [5.41, 5.74) is 5.70. The lowest BCUT2D eigenvalue weighted by Gasteiger charge is -2.16. The van der Waals surface area contributed by atoms with Crippen molar-refractivity contribution in [2.75, 3.05) is 32.2 Å². The molecule has 0 unspecified atom stereocenters. The van der Waals surface area contributed by atoms with Gasteiger partial charge in [0.05, 0.1) is 19.0 Å². The molecule has 0 saturated carbocycles. The lowest BCUT2D eigenvalue weighted by Crippen LogP contribution is -2.24. The Labute approximate surface area is 93.6 Å². The Morgan fingerprint density at radius 2 is 2.31 bits per heavy atom. The number of nitrogens with zero attached hydrogens (tertiary/aromatic N) is 4. The normalized spacial score (nSPS) is 11.5. The van der Waals surface area contributed by atoms with Crippen molar-refractivity contribution >= 4 is 11.7 Å². The van der Waals surface area contributed by atoms with Crippen LogP contribution in [0.15, 0.2) is 17.5 Å². The number of aromatic nitrogens is 2. The van der Waals surface area contributed by atoms with Crippen LogP contribution in [0.2, 0.25) is 0 Å². The number of hydrogen-bond acceptors (Lipinski definition) is 6. The van der Waals surface area contributed by atoms with Gasteiger partial charge in [0.25, 0.3) is 0 Å². The van der Waals surface area contributed by atoms with E-state index in [4.69, 9.17) is 15.7 Å². The Bertz CT molecular complexity index is 351. The number of rotatable bonds is 5. The van der Waals surface area contributed by atoms with E-state index in [1.807, 2.05) is 11.9 Å². The fourth-order valence-corrected chi connectivity index (χ4v) is 1.04. The van der Waals surface area contributed by atoms with Crippen LogP contribution in [0, 0.1) is 0 Å². The summed E-state index contributed by atoms with van der Waals surface area (Å²) in [4.78, 5) is 10.0. The molecule has 0 atom stereocenters. The molecule has 0 aromatic carbocycles. The molecule has 0 radical (unpaired) electrons. The van der Waals surface area contributed by atoms with Crippen LogP contribution in [-0.2, 0) is 4.74 Å². The van der Waals surface area contributed by atoms with Crippen molar-refractivity contribution in [2.45, 2.75) is 0 Å². The second-order valence-corrected chi connectivity index (χ2v) is 3.16. The van der Waals surface area contributed by atoms with E-state index in [0.29, 0.717) is 24.7 Å². The van der Waals surface area contributed by atoms with E-state index in [1.54, 1.807) is 13.3 Å². The molecule has 1 aromatic rings. The van der Waals surface area contributed by atoms with Gasteiger partial charge in [-0.25, -0.2) is 9.97 Å². The molecule has 3 N–H and O–H groups in total. The SMILES string of the molecule is COCCN(C)c1cnc(/C(N)=N/O)cn1. The van der Waals surface area contributed by atoms with Crippen molar-refractivity contribution < 1.29 is 9.94 Å². The Hall–Kier alpha value is -1.89. The summed E-state index contributed by atoms with van der Waals surface area (Å²) >= 11 is 0. The van der Waals surface area contributed by atoms with Crippen LogP contribution >= 0.6 is 0 Å². The average Bonchev–Trinajstić information content (AvgIpc) is 2.35. The molecule has 0 amide bonds. The molecule has 0 spiro atoms. The van der Waals surface area contributed by atoms with Gasteiger partial charge in [-0.1, -0.05) is 5.16 Å². The van der Waals surface area contributed by atoms with Crippen LogP contribution in [-0.4, -0.2) is 48.3 Å². The number of ether oxygens (including phenoxy) is 1. The molecule has 88 valence electrons. The van der Waals surface area contributed by atoms with Crippen molar-refractivity contribution in [3.63, 3.8) is 0 Å². The summed E-state index contributed by atoms with van der Waals surface area (Å²) in [7, 11) is 3.52. The van der Waals surface area contributed by atoms with Crippen LogP contribution in [0.5, 0.6) is 0 Å². The number of nitrogens with two attached hydrogens (primary N) is 1. The molecule has 7 heteroatoms. The summed E-state index contributed by atoms with van der Waals surface area (Å²) in [5.74, 6) is 0.644. The fraction of sp³-hybridized carbons (Fsp3) is 0.444. The van der Waals surface area contributed by atoms with Crippen molar-refractivity contribution in [1.82, 2.24) is 9.97 Å². The Kier molecular flexibility index (Phi) is 4.46. The molecule has 0 fully saturated rings. The van der Waals surface area contributed by atoms with Gasteiger partial charge in [-0.2, -0.15) is 0 Å². The number of oxime groups is 1. The lowest BCUT2D eigenvalue weighted by atomic mass is 10.4. The standard InChI is InChI=1S/C9H15N5O2/c1-14(3-4-16-2)8-6-11-7(5-12-8)9(10)13-15/h5-6,15H,3-4H2,1-2H3,(H2,10,13). The lowest BCUT2D eigenvalue weighted by molar-refractivity contribution is 0.206. The first-order valence-corrected chi connectivity index (χ1v) is 4.69. The molecule has 1 rings (SSSR count). The molecule has 0 aliphatic carbocycles. The van der Waals surface area contributed by atoms with Crippen molar-refractivity contribution in [3.8, 4) is 0 Å². The minimum absolute atomic E-state index is 0.0569. The zero-order valence-electron chi connectivity index (χ0n) is 9.29. The first-order valence-electron chi connectivity index (χ1n) is 4.69. The molecule has 0 aliphatic rings. The fourth-order valence-electron chi connectivity index (χ4n) is 1.04. The van der Waals surface area contributed by atoms with Gasteiger partial charge < -0.3 is 20.6 Å². The molecule has 1 aromatic heterocycles. The van der Waals surface area contributed by atoms with E-state index in [0.717, 1.165) is 0 Å². The van der Waals surface area contributed by atoms with E-state index in [9.17, 15) is 0 Å². The average molecular weight is 225 g/mol. The Balaban J connectivity index is 2.71. The van der Waals surface area contributed by atoms with Gasteiger partial charge in [0.1, 0.15) is 11.5 Å². The van der Waals surface area contributed by atoms with Crippen molar-refractivity contribution in [1.29, 1.82) is 0 Å². The summed E-state index contributed by atoms with van der Waals surface area (Å²) < 4.78 is 4.95. The third kappa shape index (κ3) is 3.06. The molecule has 1 heterocycles. The van der Waals surface area contributed by atoms with Gasteiger partial charge in [-0.3, -0.25) is 0 Å². The largest absolute Gasteiger partial charge is 0.409 e. The Morgan fingerprint density at radius 3 is 2.81 bits per heavy atom. The second-order valence-electron chi connectivity index (χ2n) is 3.16. The number of methoxy groups -OCH3 is 1. The first-order chi connectivity index (χ1) is 7.69. The summed E-state index contributed by atoms with van der Waals surface area (Å²) in [5, 5.41) is 11.3. The highest BCUT2D eigenvalue weighted by Gasteiger charge is 2.05. The van der Waals surface area contributed by atoms with Crippen LogP contribution in [0.4, 0.5) is 5.82 Å². The minimum Gasteiger partial charge on any atom is -0.409 e.